The van der Waals surface area contributed by atoms with Crippen molar-refractivity contribution < 1.29 is 15.1 Å². The van der Waals surface area contributed by atoms with Crippen LogP contribution in [0.15, 0.2) is 4.99 Å². The Labute approximate surface area is 63.9 Å². The number of hydroxylamine groups is 2. The molecule has 0 aliphatic carbocycles. The van der Waals surface area contributed by atoms with Crippen molar-refractivity contribution >= 4 is 11.8 Å². The fourth-order valence-electron chi connectivity index (χ4n) is 0.928. The molecule has 1 heterocycles. The van der Waals surface area contributed by atoms with Crippen LogP contribution in [-0.2, 0) is 4.79 Å². The van der Waals surface area contributed by atoms with Gasteiger partial charge in [0.1, 0.15) is 12.0 Å². The van der Waals surface area contributed by atoms with E-state index in [-0.39, 0.29) is 12.6 Å². The number of aliphatic imine (C=N–C) groups is 1. The van der Waals surface area contributed by atoms with E-state index in [0.29, 0.717) is 12.3 Å². The first-order chi connectivity index (χ1) is 5.11. The lowest BCUT2D eigenvalue weighted by atomic mass is 10.2. The molecule has 0 saturated carbocycles. The van der Waals surface area contributed by atoms with Crippen LogP contribution in [0.2, 0.25) is 0 Å². The summed E-state index contributed by atoms with van der Waals surface area (Å²) < 4.78 is 0. The zero-order chi connectivity index (χ0) is 8.43. The second kappa shape index (κ2) is 2.87. The van der Waals surface area contributed by atoms with Gasteiger partial charge in [-0.2, -0.15) is 0 Å². The number of amidine groups is 1. The summed E-state index contributed by atoms with van der Waals surface area (Å²) in [7, 11) is 0. The number of carbonyl (C=O) groups is 1. The van der Waals surface area contributed by atoms with Crippen LogP contribution in [0.3, 0.4) is 0 Å². The lowest BCUT2D eigenvalue weighted by molar-refractivity contribution is -0.138. The molecule has 0 saturated heterocycles. The molecular weight excluding hydrogens is 148 g/mol. The SMILES string of the molecule is CC1=NC(CCC(=O)O)N1O. The van der Waals surface area contributed by atoms with Gasteiger partial charge in [0.25, 0.3) is 0 Å². The molecule has 1 aliphatic rings. The van der Waals surface area contributed by atoms with Crippen molar-refractivity contribution in [3.05, 3.63) is 0 Å². The van der Waals surface area contributed by atoms with Crippen LogP contribution >= 0.6 is 0 Å². The van der Waals surface area contributed by atoms with Crippen LogP contribution in [0.25, 0.3) is 0 Å². The van der Waals surface area contributed by atoms with E-state index in [2.05, 4.69) is 4.99 Å². The summed E-state index contributed by atoms with van der Waals surface area (Å²) >= 11 is 0. The van der Waals surface area contributed by atoms with Gasteiger partial charge in [-0.25, -0.2) is 10.1 Å². The number of carboxylic acid groups (broad SMARTS) is 1. The molecule has 1 unspecified atom stereocenters. The minimum Gasteiger partial charge on any atom is -0.481 e. The van der Waals surface area contributed by atoms with Crippen LogP contribution < -0.4 is 0 Å². The van der Waals surface area contributed by atoms with Gasteiger partial charge in [0.2, 0.25) is 0 Å². The molecule has 0 amide bonds. The Morgan fingerprint density at radius 1 is 1.82 bits per heavy atom. The standard InChI is InChI=1S/C6H10N2O3/c1-4-7-5(8(4)11)2-3-6(9)10/h5,11H,2-3H2,1H3,(H,9,10). The van der Waals surface area contributed by atoms with Crippen LogP contribution in [0.4, 0.5) is 0 Å². The maximum Gasteiger partial charge on any atom is 0.303 e. The lowest BCUT2D eigenvalue weighted by Crippen LogP contribution is -2.44. The molecule has 0 bridgehead atoms. The van der Waals surface area contributed by atoms with E-state index in [1.165, 1.54) is 0 Å². The van der Waals surface area contributed by atoms with Gasteiger partial charge in [-0.05, 0) is 6.92 Å². The van der Waals surface area contributed by atoms with Crippen molar-refractivity contribution in [2.75, 3.05) is 0 Å². The van der Waals surface area contributed by atoms with Gasteiger partial charge in [-0.1, -0.05) is 0 Å². The van der Waals surface area contributed by atoms with Crippen molar-refractivity contribution in [3.8, 4) is 0 Å². The third-order valence-corrected chi connectivity index (χ3v) is 1.57. The topological polar surface area (TPSA) is 73.1 Å². The zero-order valence-corrected chi connectivity index (χ0v) is 6.19. The Bertz CT molecular complexity index is 202. The summed E-state index contributed by atoms with van der Waals surface area (Å²) in [5, 5.41) is 18.3. The highest BCUT2D eigenvalue weighted by Crippen LogP contribution is 2.15. The second-order valence-electron chi connectivity index (χ2n) is 2.43. The summed E-state index contributed by atoms with van der Waals surface area (Å²) in [6, 6.07) is 0. The molecule has 1 rings (SSSR count). The van der Waals surface area contributed by atoms with Gasteiger partial charge < -0.3 is 5.11 Å². The van der Waals surface area contributed by atoms with Gasteiger partial charge >= 0.3 is 5.97 Å². The first-order valence-electron chi connectivity index (χ1n) is 3.35. The summed E-state index contributed by atoms with van der Waals surface area (Å²) in [6.45, 7) is 1.66. The highest BCUT2D eigenvalue weighted by Gasteiger charge is 2.26. The molecule has 0 spiro atoms. The minimum absolute atomic E-state index is 0.0402. The van der Waals surface area contributed by atoms with Gasteiger partial charge in [-0.15, -0.1) is 0 Å². The van der Waals surface area contributed by atoms with E-state index >= 15 is 0 Å². The molecule has 1 atom stereocenters. The summed E-state index contributed by atoms with van der Waals surface area (Å²) in [5.74, 6) is -0.321. The highest BCUT2D eigenvalue weighted by atomic mass is 16.5. The molecular formula is C6H10N2O3. The van der Waals surface area contributed by atoms with Crippen molar-refractivity contribution in [1.29, 1.82) is 0 Å². The maximum absolute atomic E-state index is 10.1. The Balaban J connectivity index is 2.26. The van der Waals surface area contributed by atoms with Crippen LogP contribution in [-0.4, -0.2) is 33.3 Å². The normalized spacial score (nSPS) is 22.5. The minimum atomic E-state index is -0.863. The quantitative estimate of drug-likeness (QED) is 0.619. The predicted octanol–water partition coefficient (Wildman–Crippen LogP) is 0.300. The van der Waals surface area contributed by atoms with Crippen molar-refractivity contribution in [1.82, 2.24) is 5.06 Å². The number of rotatable bonds is 3. The molecule has 11 heavy (non-hydrogen) atoms. The third-order valence-electron chi connectivity index (χ3n) is 1.57. The number of hydrogen-bond donors (Lipinski definition) is 2. The molecule has 62 valence electrons. The van der Waals surface area contributed by atoms with Gasteiger partial charge in [0.05, 0.1) is 0 Å². The highest BCUT2D eigenvalue weighted by molar-refractivity contribution is 5.83. The monoisotopic (exact) mass is 158 g/mol. The van der Waals surface area contributed by atoms with Gasteiger partial charge in [0.15, 0.2) is 0 Å². The van der Waals surface area contributed by atoms with Crippen molar-refractivity contribution in [3.63, 3.8) is 0 Å². The van der Waals surface area contributed by atoms with Crippen molar-refractivity contribution in [2.24, 2.45) is 4.99 Å². The smallest absolute Gasteiger partial charge is 0.303 e. The average molecular weight is 158 g/mol. The van der Waals surface area contributed by atoms with Gasteiger partial charge in [0, 0.05) is 12.8 Å². The van der Waals surface area contributed by atoms with E-state index in [1.54, 1.807) is 6.92 Å². The molecule has 5 heteroatoms. The van der Waals surface area contributed by atoms with E-state index in [4.69, 9.17) is 10.3 Å². The molecule has 0 radical (unpaired) electrons. The molecule has 0 aromatic heterocycles. The van der Waals surface area contributed by atoms with Crippen molar-refractivity contribution in [2.45, 2.75) is 25.9 Å². The lowest BCUT2D eigenvalue weighted by Gasteiger charge is -2.32. The molecule has 0 aromatic rings. The fourth-order valence-corrected chi connectivity index (χ4v) is 0.928. The second-order valence-corrected chi connectivity index (χ2v) is 2.43. The molecule has 1 aliphatic heterocycles. The molecule has 2 N–H and O–H groups in total. The number of carboxylic acids is 1. The maximum atomic E-state index is 10.1. The Morgan fingerprint density at radius 2 is 2.45 bits per heavy atom. The Morgan fingerprint density at radius 3 is 2.82 bits per heavy atom. The van der Waals surface area contributed by atoms with Crippen LogP contribution in [0.5, 0.6) is 0 Å². The molecule has 0 fully saturated rings. The zero-order valence-electron chi connectivity index (χ0n) is 6.19. The predicted molar refractivity (Wildman–Crippen MR) is 37.4 cm³/mol. The Kier molecular flexibility index (Phi) is 2.09. The van der Waals surface area contributed by atoms with Crippen LogP contribution in [0, 0.1) is 0 Å². The van der Waals surface area contributed by atoms with Crippen LogP contribution in [0.1, 0.15) is 19.8 Å². The van der Waals surface area contributed by atoms with E-state index < -0.39 is 5.97 Å². The van der Waals surface area contributed by atoms with E-state index in [9.17, 15) is 4.79 Å². The summed E-state index contributed by atoms with van der Waals surface area (Å²) in [4.78, 5) is 14.0. The summed E-state index contributed by atoms with van der Waals surface area (Å²) in [5.41, 5.74) is 0. The van der Waals surface area contributed by atoms with E-state index in [0.717, 1.165) is 5.06 Å². The van der Waals surface area contributed by atoms with Gasteiger partial charge in [-0.3, -0.25) is 10.0 Å². The first-order valence-corrected chi connectivity index (χ1v) is 3.35. The number of hydrogen-bond acceptors (Lipinski definition) is 4. The molecule has 5 nitrogen and oxygen atoms in total. The average Bonchev–Trinajstić information content (AvgIpc) is 1.96. The first kappa shape index (κ1) is 8.00. The van der Waals surface area contributed by atoms with E-state index in [1.807, 2.05) is 0 Å². The fraction of sp³-hybridized carbons (Fsp3) is 0.667. The number of aliphatic carboxylic acids is 1. The largest absolute Gasteiger partial charge is 0.481 e. The summed E-state index contributed by atoms with van der Waals surface area (Å²) in [6.07, 6.45) is 0.0629. The number of nitrogens with zero attached hydrogens (tertiary/aromatic N) is 2. The molecule has 0 aromatic carbocycles. The Hall–Kier alpha value is -1.10. The third kappa shape index (κ3) is 1.68.